The van der Waals surface area contributed by atoms with Crippen LogP contribution in [0.2, 0.25) is 0 Å². The molecule has 0 unspecified atom stereocenters. The molecule has 0 aliphatic heterocycles. The van der Waals surface area contributed by atoms with Crippen LogP contribution in [0.25, 0.3) is 0 Å². The maximum absolute atomic E-state index is 12.2. The van der Waals surface area contributed by atoms with E-state index < -0.39 is 21.5 Å². The van der Waals surface area contributed by atoms with Gasteiger partial charge in [-0.25, -0.2) is 8.42 Å². The summed E-state index contributed by atoms with van der Waals surface area (Å²) in [5, 5.41) is 5.40. The lowest BCUT2D eigenvalue weighted by Gasteiger charge is -2.08. The van der Waals surface area contributed by atoms with E-state index in [1.165, 1.54) is 0 Å². The molecule has 0 aliphatic carbocycles. The zero-order chi connectivity index (χ0) is 20.6. The molecule has 0 aromatic heterocycles. The standard InChI is InChI=1S/C20H23BrN2O4S/c1-2-4-19(24)23-18-9-7-15(8-10-18)12-22-20(25)14-28(26,27)13-16-5-3-6-17(21)11-16/h3,5-11H,2,4,12-14H2,1H3,(H,22,25)(H,23,24). The minimum Gasteiger partial charge on any atom is -0.351 e. The Morgan fingerprint density at radius 3 is 2.36 bits per heavy atom. The van der Waals surface area contributed by atoms with Crippen molar-refractivity contribution in [3.8, 4) is 0 Å². The normalized spacial score (nSPS) is 11.1. The Hall–Kier alpha value is -2.19. The van der Waals surface area contributed by atoms with Crippen LogP contribution in [0, 0.1) is 0 Å². The van der Waals surface area contributed by atoms with Crippen molar-refractivity contribution in [1.82, 2.24) is 5.32 Å². The number of benzene rings is 2. The van der Waals surface area contributed by atoms with Gasteiger partial charge in [0, 0.05) is 23.1 Å². The Kier molecular flexibility index (Phi) is 8.19. The van der Waals surface area contributed by atoms with Crippen molar-refractivity contribution < 1.29 is 18.0 Å². The van der Waals surface area contributed by atoms with Crippen molar-refractivity contribution in [2.24, 2.45) is 0 Å². The number of hydrogen-bond acceptors (Lipinski definition) is 4. The molecule has 0 saturated heterocycles. The fourth-order valence-electron chi connectivity index (χ4n) is 2.54. The molecule has 6 nitrogen and oxygen atoms in total. The molecule has 2 aromatic rings. The summed E-state index contributed by atoms with van der Waals surface area (Å²) in [6.45, 7) is 2.15. The number of anilines is 1. The first kappa shape index (κ1) is 22.1. The molecule has 0 spiro atoms. The zero-order valence-corrected chi connectivity index (χ0v) is 18.0. The van der Waals surface area contributed by atoms with E-state index in [1.807, 2.05) is 13.0 Å². The Morgan fingerprint density at radius 2 is 1.71 bits per heavy atom. The van der Waals surface area contributed by atoms with Gasteiger partial charge < -0.3 is 10.6 Å². The van der Waals surface area contributed by atoms with Crippen molar-refractivity contribution in [3.05, 3.63) is 64.1 Å². The van der Waals surface area contributed by atoms with Crippen molar-refractivity contribution in [3.63, 3.8) is 0 Å². The summed E-state index contributed by atoms with van der Waals surface area (Å²) in [5.74, 6) is -1.34. The third-order valence-corrected chi connectivity index (χ3v) is 5.80. The number of rotatable bonds is 9. The molecule has 8 heteroatoms. The second-order valence-electron chi connectivity index (χ2n) is 6.43. The van der Waals surface area contributed by atoms with Crippen LogP contribution in [0.15, 0.2) is 53.0 Å². The molecule has 2 rings (SSSR count). The number of sulfone groups is 1. The van der Waals surface area contributed by atoms with E-state index in [2.05, 4.69) is 26.6 Å². The number of carbonyl (C=O) groups excluding carboxylic acids is 2. The van der Waals surface area contributed by atoms with Crippen molar-refractivity contribution in [2.75, 3.05) is 11.1 Å². The molecule has 150 valence electrons. The van der Waals surface area contributed by atoms with Crippen LogP contribution in [-0.4, -0.2) is 26.0 Å². The highest BCUT2D eigenvalue weighted by atomic mass is 79.9. The first-order valence-corrected chi connectivity index (χ1v) is 11.5. The molecule has 2 amide bonds. The van der Waals surface area contributed by atoms with Crippen LogP contribution in [0.5, 0.6) is 0 Å². The van der Waals surface area contributed by atoms with Crippen LogP contribution in [0.1, 0.15) is 30.9 Å². The summed E-state index contributed by atoms with van der Waals surface area (Å²) < 4.78 is 25.2. The van der Waals surface area contributed by atoms with E-state index in [0.29, 0.717) is 17.7 Å². The molecule has 2 N–H and O–H groups in total. The summed E-state index contributed by atoms with van der Waals surface area (Å²) in [5.41, 5.74) is 2.12. The smallest absolute Gasteiger partial charge is 0.235 e. The Bertz CT molecular complexity index is 927. The number of carbonyl (C=O) groups is 2. The summed E-state index contributed by atoms with van der Waals surface area (Å²) >= 11 is 3.30. The topological polar surface area (TPSA) is 92.3 Å². The second-order valence-corrected chi connectivity index (χ2v) is 9.41. The fraction of sp³-hybridized carbons (Fsp3) is 0.300. The van der Waals surface area contributed by atoms with E-state index >= 15 is 0 Å². The summed E-state index contributed by atoms with van der Waals surface area (Å²) in [7, 11) is -3.56. The number of amides is 2. The molecule has 0 saturated carbocycles. The molecule has 0 aliphatic rings. The van der Waals surface area contributed by atoms with Gasteiger partial charge >= 0.3 is 0 Å². The average molecular weight is 467 g/mol. The van der Waals surface area contributed by atoms with Gasteiger partial charge in [-0.1, -0.05) is 47.1 Å². The van der Waals surface area contributed by atoms with Gasteiger partial charge in [0.25, 0.3) is 0 Å². The SMILES string of the molecule is CCCC(=O)Nc1ccc(CNC(=O)CS(=O)(=O)Cc2cccc(Br)c2)cc1. The Labute approximate surface area is 173 Å². The molecule has 0 bridgehead atoms. The van der Waals surface area contributed by atoms with E-state index in [9.17, 15) is 18.0 Å². The third kappa shape index (κ3) is 7.82. The van der Waals surface area contributed by atoms with Crippen molar-refractivity contribution >= 4 is 43.3 Å². The van der Waals surface area contributed by atoms with E-state index in [-0.39, 0.29) is 18.2 Å². The second kappa shape index (κ2) is 10.4. The lowest BCUT2D eigenvalue weighted by atomic mass is 10.2. The monoisotopic (exact) mass is 466 g/mol. The van der Waals surface area contributed by atoms with Crippen molar-refractivity contribution in [2.45, 2.75) is 32.1 Å². The first-order chi connectivity index (χ1) is 13.3. The average Bonchev–Trinajstić information content (AvgIpc) is 2.60. The highest BCUT2D eigenvalue weighted by molar-refractivity contribution is 9.10. The molecule has 0 radical (unpaired) electrons. The molecule has 0 fully saturated rings. The minimum atomic E-state index is -3.56. The lowest BCUT2D eigenvalue weighted by Crippen LogP contribution is -2.30. The molecule has 2 aromatic carbocycles. The maximum Gasteiger partial charge on any atom is 0.235 e. The summed E-state index contributed by atoms with van der Waals surface area (Å²) in [6, 6.07) is 14.0. The van der Waals surface area contributed by atoms with Crippen LogP contribution in [0.4, 0.5) is 5.69 Å². The minimum absolute atomic E-state index is 0.0424. The molecule has 0 atom stereocenters. The van der Waals surface area contributed by atoms with Gasteiger partial charge in [0.15, 0.2) is 9.84 Å². The van der Waals surface area contributed by atoms with Crippen LogP contribution < -0.4 is 10.6 Å². The molecule has 28 heavy (non-hydrogen) atoms. The Balaban J connectivity index is 1.83. The molecule has 0 heterocycles. The Morgan fingerprint density at radius 1 is 1.00 bits per heavy atom. The summed E-state index contributed by atoms with van der Waals surface area (Å²) in [6.07, 6.45) is 1.24. The predicted octanol–water partition coefficient (Wildman–Crippen LogP) is 3.42. The van der Waals surface area contributed by atoms with Gasteiger partial charge in [0.05, 0.1) is 5.75 Å². The molecular weight excluding hydrogens is 444 g/mol. The van der Waals surface area contributed by atoms with Crippen molar-refractivity contribution in [1.29, 1.82) is 0 Å². The first-order valence-electron chi connectivity index (χ1n) is 8.88. The van der Waals surface area contributed by atoms with Crippen LogP contribution in [-0.2, 0) is 31.7 Å². The lowest BCUT2D eigenvalue weighted by molar-refractivity contribution is -0.119. The van der Waals surface area contributed by atoms with E-state index in [4.69, 9.17) is 0 Å². The van der Waals surface area contributed by atoms with Gasteiger partial charge in [0.2, 0.25) is 11.8 Å². The number of halogens is 1. The number of nitrogens with one attached hydrogen (secondary N) is 2. The van der Waals surface area contributed by atoms with Crippen LogP contribution >= 0.6 is 15.9 Å². The van der Waals surface area contributed by atoms with Gasteiger partial charge in [0.1, 0.15) is 5.75 Å². The maximum atomic E-state index is 12.2. The van der Waals surface area contributed by atoms with Gasteiger partial charge in [-0.05, 0) is 41.8 Å². The largest absolute Gasteiger partial charge is 0.351 e. The van der Waals surface area contributed by atoms with Crippen LogP contribution in [0.3, 0.4) is 0 Å². The summed E-state index contributed by atoms with van der Waals surface area (Å²) in [4.78, 5) is 23.6. The zero-order valence-electron chi connectivity index (χ0n) is 15.6. The highest BCUT2D eigenvalue weighted by Gasteiger charge is 2.17. The van der Waals surface area contributed by atoms with Gasteiger partial charge in [-0.3, -0.25) is 9.59 Å². The quantitative estimate of drug-likeness (QED) is 0.591. The van der Waals surface area contributed by atoms with E-state index in [0.717, 1.165) is 16.5 Å². The molecular formula is C20H23BrN2O4S. The highest BCUT2D eigenvalue weighted by Crippen LogP contribution is 2.14. The van der Waals surface area contributed by atoms with Gasteiger partial charge in [-0.2, -0.15) is 0 Å². The van der Waals surface area contributed by atoms with Gasteiger partial charge in [-0.15, -0.1) is 0 Å². The predicted molar refractivity (Wildman–Crippen MR) is 113 cm³/mol. The van der Waals surface area contributed by atoms with E-state index in [1.54, 1.807) is 42.5 Å². The fourth-order valence-corrected chi connectivity index (χ4v) is 4.28. The number of hydrogen-bond donors (Lipinski definition) is 2. The third-order valence-electron chi connectivity index (χ3n) is 3.83.